The third-order valence-corrected chi connectivity index (χ3v) is 3.67. The summed E-state index contributed by atoms with van der Waals surface area (Å²) in [5, 5.41) is 0. The third-order valence-electron chi connectivity index (χ3n) is 2.19. The quantitative estimate of drug-likeness (QED) is 0.827. The maximum atomic E-state index is 11.6. The highest BCUT2D eigenvalue weighted by molar-refractivity contribution is 7.92. The summed E-state index contributed by atoms with van der Waals surface area (Å²) in [6.45, 7) is 3.66. The molecule has 0 saturated carbocycles. The summed E-state index contributed by atoms with van der Waals surface area (Å²) in [4.78, 5) is 0. The summed E-state index contributed by atoms with van der Waals surface area (Å²) in [6.07, 6.45) is 0.593. The first kappa shape index (κ1) is 13.0. The van der Waals surface area contributed by atoms with Crippen molar-refractivity contribution in [1.82, 2.24) is 0 Å². The van der Waals surface area contributed by atoms with Crippen molar-refractivity contribution in [2.45, 2.75) is 26.3 Å². The van der Waals surface area contributed by atoms with Gasteiger partial charge in [-0.2, -0.15) is 0 Å². The van der Waals surface area contributed by atoms with Crippen LogP contribution in [-0.2, 0) is 10.0 Å². The lowest BCUT2D eigenvalue weighted by atomic mass is 10.1. The van der Waals surface area contributed by atoms with Crippen molar-refractivity contribution in [3.8, 4) is 0 Å². The molecule has 4 nitrogen and oxygen atoms in total. The molecule has 1 rings (SSSR count). The molecule has 0 spiro atoms. The Bertz CT molecular complexity index is 441. The van der Waals surface area contributed by atoms with Gasteiger partial charge in [0, 0.05) is 6.04 Å². The van der Waals surface area contributed by atoms with Crippen LogP contribution in [0.2, 0.25) is 0 Å². The molecule has 1 aromatic rings. The molecule has 1 aromatic carbocycles. The number of hydrogen-bond donors (Lipinski definition) is 2. The second-order valence-electron chi connectivity index (χ2n) is 3.80. The van der Waals surface area contributed by atoms with Crippen LogP contribution in [0, 0.1) is 0 Å². The lowest BCUT2D eigenvalue weighted by Crippen LogP contribution is -2.18. The van der Waals surface area contributed by atoms with Crippen molar-refractivity contribution >= 4 is 15.7 Å². The molecule has 0 heterocycles. The minimum atomic E-state index is -3.25. The summed E-state index contributed by atoms with van der Waals surface area (Å²) < 4.78 is 25.8. The normalized spacial score (nSPS) is 13.4. The predicted octanol–water partition coefficient (Wildman–Crippen LogP) is 1.86. The fourth-order valence-corrected chi connectivity index (χ4v) is 2.63. The average Bonchev–Trinajstić information content (AvgIpc) is 2.17. The minimum Gasteiger partial charge on any atom is -0.324 e. The molecular formula is C11H18N2O2S. The number of nitrogens with two attached hydrogens (primary N) is 1. The molecule has 0 aromatic heterocycles. The van der Waals surface area contributed by atoms with E-state index in [1.807, 2.05) is 26.0 Å². The number of rotatable bonds is 5. The van der Waals surface area contributed by atoms with Crippen LogP contribution in [0.15, 0.2) is 24.3 Å². The van der Waals surface area contributed by atoms with E-state index < -0.39 is 10.0 Å². The van der Waals surface area contributed by atoms with Crippen LogP contribution in [0.5, 0.6) is 0 Å². The van der Waals surface area contributed by atoms with Crippen LogP contribution >= 0.6 is 0 Å². The Balaban J connectivity index is 2.97. The van der Waals surface area contributed by atoms with Crippen LogP contribution < -0.4 is 10.5 Å². The Labute approximate surface area is 96.9 Å². The molecule has 90 valence electrons. The zero-order chi connectivity index (χ0) is 12.2. The highest BCUT2D eigenvalue weighted by atomic mass is 32.2. The van der Waals surface area contributed by atoms with Crippen molar-refractivity contribution in [2.24, 2.45) is 5.73 Å². The molecule has 1 unspecified atom stereocenters. The van der Waals surface area contributed by atoms with Crippen LogP contribution in [-0.4, -0.2) is 14.2 Å². The summed E-state index contributed by atoms with van der Waals surface area (Å²) in [5.41, 5.74) is 7.16. The summed E-state index contributed by atoms with van der Waals surface area (Å²) >= 11 is 0. The fraction of sp³-hybridized carbons (Fsp3) is 0.455. The Kier molecular flexibility index (Phi) is 4.32. The van der Waals surface area contributed by atoms with Gasteiger partial charge in [-0.25, -0.2) is 8.42 Å². The van der Waals surface area contributed by atoms with E-state index in [0.29, 0.717) is 12.1 Å². The number of nitrogens with one attached hydrogen (secondary N) is 1. The summed E-state index contributed by atoms with van der Waals surface area (Å²) in [5.74, 6) is 0.125. The Hall–Kier alpha value is -1.07. The van der Waals surface area contributed by atoms with E-state index in [4.69, 9.17) is 5.73 Å². The van der Waals surface area contributed by atoms with Gasteiger partial charge in [0.2, 0.25) is 10.0 Å². The zero-order valence-corrected chi connectivity index (χ0v) is 10.4. The number of anilines is 1. The van der Waals surface area contributed by atoms with E-state index in [1.54, 1.807) is 12.1 Å². The zero-order valence-electron chi connectivity index (χ0n) is 9.60. The van der Waals surface area contributed by atoms with Crippen molar-refractivity contribution in [3.63, 3.8) is 0 Å². The fourth-order valence-electron chi connectivity index (χ4n) is 1.47. The second-order valence-corrected chi connectivity index (χ2v) is 5.64. The Morgan fingerprint density at radius 3 is 2.56 bits per heavy atom. The van der Waals surface area contributed by atoms with E-state index in [9.17, 15) is 8.42 Å². The topological polar surface area (TPSA) is 72.2 Å². The molecule has 0 aliphatic carbocycles. The molecular weight excluding hydrogens is 224 g/mol. The molecule has 5 heteroatoms. The Morgan fingerprint density at radius 2 is 2.00 bits per heavy atom. The maximum absolute atomic E-state index is 11.6. The first-order valence-corrected chi connectivity index (χ1v) is 6.96. The van der Waals surface area contributed by atoms with Crippen molar-refractivity contribution in [1.29, 1.82) is 0 Å². The lowest BCUT2D eigenvalue weighted by Gasteiger charge is -2.14. The van der Waals surface area contributed by atoms with Gasteiger partial charge in [0.15, 0.2) is 0 Å². The smallest absolute Gasteiger partial charge is 0.232 e. The molecule has 0 saturated heterocycles. The number of sulfonamides is 1. The number of para-hydroxylation sites is 1. The molecule has 3 N–H and O–H groups in total. The maximum Gasteiger partial charge on any atom is 0.232 e. The minimum absolute atomic E-state index is 0.125. The summed E-state index contributed by atoms with van der Waals surface area (Å²) in [7, 11) is -3.25. The first-order valence-electron chi connectivity index (χ1n) is 5.31. The first-order chi connectivity index (χ1) is 7.46. The number of benzene rings is 1. The van der Waals surface area contributed by atoms with E-state index in [0.717, 1.165) is 5.56 Å². The molecule has 1 atom stereocenters. The van der Waals surface area contributed by atoms with Crippen molar-refractivity contribution in [3.05, 3.63) is 29.8 Å². The second kappa shape index (κ2) is 5.32. The van der Waals surface area contributed by atoms with Gasteiger partial charge in [-0.05, 0) is 25.0 Å². The van der Waals surface area contributed by atoms with Gasteiger partial charge in [0.1, 0.15) is 0 Å². The van der Waals surface area contributed by atoms with Gasteiger partial charge in [-0.3, -0.25) is 4.72 Å². The van der Waals surface area contributed by atoms with Crippen LogP contribution in [0.3, 0.4) is 0 Å². The lowest BCUT2D eigenvalue weighted by molar-refractivity contribution is 0.599. The van der Waals surface area contributed by atoms with Gasteiger partial charge < -0.3 is 5.73 Å². The van der Waals surface area contributed by atoms with E-state index in [1.165, 1.54) is 0 Å². The van der Waals surface area contributed by atoms with E-state index >= 15 is 0 Å². The summed E-state index contributed by atoms with van der Waals surface area (Å²) in [6, 6.07) is 6.99. The SMILES string of the molecule is CCCS(=O)(=O)Nc1ccccc1C(C)N. The molecule has 0 bridgehead atoms. The number of hydrogen-bond acceptors (Lipinski definition) is 3. The van der Waals surface area contributed by atoms with Crippen LogP contribution in [0.4, 0.5) is 5.69 Å². The average molecular weight is 242 g/mol. The van der Waals surface area contributed by atoms with Crippen LogP contribution in [0.25, 0.3) is 0 Å². The largest absolute Gasteiger partial charge is 0.324 e. The third kappa shape index (κ3) is 3.50. The standard InChI is InChI=1S/C11H18N2O2S/c1-3-8-16(14,15)13-11-7-5-4-6-10(11)9(2)12/h4-7,9,13H,3,8,12H2,1-2H3. The van der Waals surface area contributed by atoms with Crippen molar-refractivity contribution in [2.75, 3.05) is 10.5 Å². The van der Waals surface area contributed by atoms with E-state index in [2.05, 4.69) is 4.72 Å². The molecule has 0 radical (unpaired) electrons. The van der Waals surface area contributed by atoms with Crippen LogP contribution in [0.1, 0.15) is 31.9 Å². The predicted molar refractivity (Wildman–Crippen MR) is 66.7 cm³/mol. The molecule has 0 aliphatic rings. The highest BCUT2D eigenvalue weighted by Gasteiger charge is 2.12. The van der Waals surface area contributed by atoms with Gasteiger partial charge >= 0.3 is 0 Å². The van der Waals surface area contributed by atoms with Gasteiger partial charge in [-0.1, -0.05) is 25.1 Å². The monoisotopic (exact) mass is 242 g/mol. The highest BCUT2D eigenvalue weighted by Crippen LogP contribution is 2.21. The molecule has 16 heavy (non-hydrogen) atoms. The molecule has 0 fully saturated rings. The van der Waals surface area contributed by atoms with Crippen molar-refractivity contribution < 1.29 is 8.42 Å². The Morgan fingerprint density at radius 1 is 1.38 bits per heavy atom. The van der Waals surface area contributed by atoms with Gasteiger partial charge in [0.25, 0.3) is 0 Å². The molecule has 0 aliphatic heterocycles. The van der Waals surface area contributed by atoms with Gasteiger partial charge in [0.05, 0.1) is 11.4 Å². The molecule has 0 amide bonds. The van der Waals surface area contributed by atoms with E-state index in [-0.39, 0.29) is 11.8 Å². The van der Waals surface area contributed by atoms with Gasteiger partial charge in [-0.15, -0.1) is 0 Å².